The second-order valence-electron chi connectivity index (χ2n) is 4.75. The lowest BCUT2D eigenvalue weighted by Crippen LogP contribution is -2.12. The van der Waals surface area contributed by atoms with E-state index in [4.69, 9.17) is 10.2 Å². The number of fused-ring (bicyclic) bond motifs is 1. The van der Waals surface area contributed by atoms with Crippen LogP contribution in [0.3, 0.4) is 0 Å². The lowest BCUT2D eigenvalue weighted by atomic mass is 10.0. The zero-order valence-corrected chi connectivity index (χ0v) is 12.2. The van der Waals surface area contributed by atoms with Crippen molar-refractivity contribution in [1.82, 2.24) is 0 Å². The van der Waals surface area contributed by atoms with E-state index in [0.29, 0.717) is 10.9 Å². The first-order valence-corrected chi connectivity index (χ1v) is 7.11. The van der Waals surface area contributed by atoms with Gasteiger partial charge in [-0.1, -0.05) is 24.3 Å². The van der Waals surface area contributed by atoms with E-state index >= 15 is 0 Å². The highest BCUT2D eigenvalue weighted by atomic mass is 79.9. The number of halogens is 2. The Kier molecular flexibility index (Phi) is 3.59. The number of nitrogens with two attached hydrogens (primary N) is 1. The summed E-state index contributed by atoms with van der Waals surface area (Å²) in [5.74, 6) is 0.470. The first kappa shape index (κ1) is 13.3. The first-order valence-electron chi connectivity index (χ1n) is 6.31. The average molecular weight is 334 g/mol. The van der Waals surface area contributed by atoms with Crippen LogP contribution in [-0.4, -0.2) is 0 Å². The Labute approximate surface area is 124 Å². The van der Waals surface area contributed by atoms with Gasteiger partial charge in [0, 0.05) is 5.39 Å². The first-order chi connectivity index (χ1) is 9.63. The van der Waals surface area contributed by atoms with E-state index in [9.17, 15) is 4.39 Å². The molecule has 1 atom stereocenters. The minimum absolute atomic E-state index is 0.250. The van der Waals surface area contributed by atoms with E-state index in [-0.39, 0.29) is 11.9 Å². The van der Waals surface area contributed by atoms with E-state index in [1.54, 1.807) is 12.1 Å². The molecular weight excluding hydrogens is 321 g/mol. The second kappa shape index (κ2) is 5.38. The van der Waals surface area contributed by atoms with Gasteiger partial charge < -0.3 is 10.2 Å². The van der Waals surface area contributed by atoms with Crippen LogP contribution in [0.2, 0.25) is 0 Å². The molecule has 3 aromatic rings. The van der Waals surface area contributed by atoms with Crippen molar-refractivity contribution in [3.05, 3.63) is 70.1 Å². The number of para-hydroxylation sites is 1. The molecule has 0 bridgehead atoms. The van der Waals surface area contributed by atoms with E-state index in [1.165, 1.54) is 6.07 Å². The van der Waals surface area contributed by atoms with Gasteiger partial charge in [0.2, 0.25) is 0 Å². The molecule has 1 aromatic heterocycles. The fourth-order valence-electron chi connectivity index (χ4n) is 2.21. The van der Waals surface area contributed by atoms with Gasteiger partial charge in [-0.25, -0.2) is 4.39 Å². The quantitative estimate of drug-likeness (QED) is 0.762. The summed E-state index contributed by atoms with van der Waals surface area (Å²) in [6.07, 6.45) is 0.596. The monoisotopic (exact) mass is 333 g/mol. The molecule has 0 amide bonds. The molecule has 0 fully saturated rings. The third kappa shape index (κ3) is 2.62. The second-order valence-corrected chi connectivity index (χ2v) is 5.60. The fraction of sp³-hybridized carbons (Fsp3) is 0.125. The maximum atomic E-state index is 13.2. The summed E-state index contributed by atoms with van der Waals surface area (Å²) < 4.78 is 19.4. The molecule has 2 N–H and O–H groups in total. The molecule has 0 spiro atoms. The molecule has 0 saturated carbocycles. The van der Waals surface area contributed by atoms with Crippen molar-refractivity contribution in [2.24, 2.45) is 5.73 Å². The highest BCUT2D eigenvalue weighted by Crippen LogP contribution is 2.26. The van der Waals surface area contributed by atoms with Crippen molar-refractivity contribution in [1.29, 1.82) is 0 Å². The Morgan fingerprint density at radius 3 is 2.70 bits per heavy atom. The van der Waals surface area contributed by atoms with Crippen LogP contribution in [-0.2, 0) is 6.42 Å². The predicted octanol–water partition coefficient (Wildman–Crippen LogP) is 4.58. The van der Waals surface area contributed by atoms with Crippen LogP contribution in [0.1, 0.15) is 17.4 Å². The third-order valence-corrected chi connectivity index (χ3v) is 3.86. The van der Waals surface area contributed by atoms with Crippen LogP contribution < -0.4 is 5.73 Å². The van der Waals surface area contributed by atoms with Gasteiger partial charge >= 0.3 is 0 Å². The standard InChI is InChI=1S/C16H13BrFNO/c17-12-7-10(5-6-13(12)18)8-14(19)16-9-11-3-1-2-4-15(11)20-16/h1-7,9,14H,8,19H2. The largest absolute Gasteiger partial charge is 0.459 e. The molecule has 3 rings (SSSR count). The number of furan rings is 1. The zero-order chi connectivity index (χ0) is 14.1. The zero-order valence-electron chi connectivity index (χ0n) is 10.6. The summed E-state index contributed by atoms with van der Waals surface area (Å²) in [5, 5.41) is 1.04. The molecule has 0 aliphatic rings. The van der Waals surface area contributed by atoms with Crippen LogP contribution in [0.25, 0.3) is 11.0 Å². The normalized spacial score (nSPS) is 12.8. The topological polar surface area (TPSA) is 39.2 Å². The lowest BCUT2D eigenvalue weighted by Gasteiger charge is -2.09. The summed E-state index contributed by atoms with van der Waals surface area (Å²) in [5.41, 5.74) is 7.97. The molecule has 0 aliphatic carbocycles. The van der Waals surface area contributed by atoms with Gasteiger partial charge in [0.25, 0.3) is 0 Å². The van der Waals surface area contributed by atoms with Crippen LogP contribution in [0, 0.1) is 5.82 Å². The number of benzene rings is 2. The van der Waals surface area contributed by atoms with E-state index in [0.717, 1.165) is 22.3 Å². The highest BCUT2D eigenvalue weighted by Gasteiger charge is 2.13. The molecule has 102 valence electrons. The summed E-state index contributed by atoms with van der Waals surface area (Å²) >= 11 is 3.18. The number of hydrogen-bond donors (Lipinski definition) is 1. The average Bonchev–Trinajstić information content (AvgIpc) is 2.87. The Hall–Kier alpha value is -1.65. The molecule has 1 unspecified atom stereocenters. The Bertz CT molecular complexity index is 720. The SMILES string of the molecule is NC(Cc1ccc(F)c(Br)c1)c1cc2ccccc2o1. The summed E-state index contributed by atoms with van der Waals surface area (Å²) in [7, 11) is 0. The van der Waals surface area contributed by atoms with Crippen LogP contribution in [0.5, 0.6) is 0 Å². The highest BCUT2D eigenvalue weighted by molar-refractivity contribution is 9.10. The maximum Gasteiger partial charge on any atom is 0.137 e. The van der Waals surface area contributed by atoms with Crippen molar-refractivity contribution >= 4 is 26.9 Å². The Morgan fingerprint density at radius 2 is 1.95 bits per heavy atom. The van der Waals surface area contributed by atoms with Gasteiger partial charge in [-0.05, 0) is 52.2 Å². The lowest BCUT2D eigenvalue weighted by molar-refractivity contribution is 0.493. The maximum absolute atomic E-state index is 13.2. The van der Waals surface area contributed by atoms with Gasteiger partial charge in [0.05, 0.1) is 10.5 Å². The molecule has 2 nitrogen and oxygen atoms in total. The van der Waals surface area contributed by atoms with Crippen LogP contribution >= 0.6 is 15.9 Å². The molecule has 2 aromatic carbocycles. The van der Waals surface area contributed by atoms with E-state index in [2.05, 4.69) is 15.9 Å². The van der Waals surface area contributed by atoms with Crippen molar-refractivity contribution in [3.63, 3.8) is 0 Å². The van der Waals surface area contributed by atoms with Crippen LogP contribution in [0.15, 0.2) is 57.4 Å². The summed E-state index contributed by atoms with van der Waals surface area (Å²) in [6, 6.07) is 14.4. The predicted molar refractivity (Wildman–Crippen MR) is 80.9 cm³/mol. The van der Waals surface area contributed by atoms with E-state index < -0.39 is 0 Å². The molecular formula is C16H13BrFNO. The van der Waals surface area contributed by atoms with Gasteiger partial charge in [-0.15, -0.1) is 0 Å². The molecule has 4 heteroatoms. The Balaban J connectivity index is 1.84. The van der Waals surface area contributed by atoms with Gasteiger partial charge in [-0.2, -0.15) is 0 Å². The fourth-order valence-corrected chi connectivity index (χ4v) is 2.63. The molecule has 0 saturated heterocycles. The summed E-state index contributed by atoms with van der Waals surface area (Å²) in [6.45, 7) is 0. The number of hydrogen-bond acceptors (Lipinski definition) is 2. The van der Waals surface area contributed by atoms with Gasteiger partial charge in [0.1, 0.15) is 17.2 Å². The van der Waals surface area contributed by atoms with Gasteiger partial charge in [0.15, 0.2) is 0 Å². The Morgan fingerprint density at radius 1 is 1.15 bits per heavy atom. The van der Waals surface area contributed by atoms with Crippen molar-refractivity contribution in [2.45, 2.75) is 12.5 Å². The van der Waals surface area contributed by atoms with Crippen molar-refractivity contribution in [3.8, 4) is 0 Å². The van der Waals surface area contributed by atoms with Crippen LogP contribution in [0.4, 0.5) is 4.39 Å². The minimum atomic E-state index is -0.272. The third-order valence-electron chi connectivity index (χ3n) is 3.25. The minimum Gasteiger partial charge on any atom is -0.459 e. The van der Waals surface area contributed by atoms with Crippen molar-refractivity contribution < 1.29 is 8.81 Å². The summed E-state index contributed by atoms with van der Waals surface area (Å²) in [4.78, 5) is 0. The molecule has 1 heterocycles. The van der Waals surface area contributed by atoms with E-state index in [1.807, 2.05) is 30.3 Å². The van der Waals surface area contributed by atoms with Crippen molar-refractivity contribution in [2.75, 3.05) is 0 Å². The molecule has 0 aliphatic heterocycles. The molecule has 0 radical (unpaired) electrons. The van der Waals surface area contributed by atoms with Gasteiger partial charge in [-0.3, -0.25) is 0 Å². The number of rotatable bonds is 3. The molecule has 20 heavy (non-hydrogen) atoms. The smallest absolute Gasteiger partial charge is 0.137 e.